The topological polar surface area (TPSA) is 41.5 Å². The molecule has 0 radical (unpaired) electrons. The number of para-hydroxylation sites is 1. The van der Waals surface area contributed by atoms with Gasteiger partial charge in [0.2, 0.25) is 0 Å². The Morgan fingerprint density at radius 2 is 1.77 bits per heavy atom. The number of morpholine rings is 1. The van der Waals surface area contributed by atoms with Gasteiger partial charge in [-0.1, -0.05) is 18.2 Å². The lowest BCUT2D eigenvalue weighted by Crippen LogP contribution is -2.38. The highest BCUT2D eigenvalue weighted by molar-refractivity contribution is 5.54. The number of aromatic nitrogens is 2. The summed E-state index contributed by atoms with van der Waals surface area (Å²) in [6.07, 6.45) is 2.57. The summed E-state index contributed by atoms with van der Waals surface area (Å²) in [5.74, 6) is 0.819. The van der Waals surface area contributed by atoms with Crippen molar-refractivity contribution in [3.63, 3.8) is 0 Å². The summed E-state index contributed by atoms with van der Waals surface area (Å²) >= 11 is 0. The standard InChI is InChI=1S/C21H28N4O/c1-16-13-17(2)23-21(22-16)20-15-24(11-12-26-20)14-18-7-3-4-8-19(18)25-9-5-6-10-25/h3-4,7-8,13,20H,5-6,9-12,14-15H2,1-2H3/t20-/m0/s1. The third-order valence-corrected chi connectivity index (χ3v) is 5.27. The molecule has 0 unspecified atom stereocenters. The van der Waals surface area contributed by atoms with Gasteiger partial charge in [0.1, 0.15) is 6.10 Å². The molecule has 1 aromatic heterocycles. The van der Waals surface area contributed by atoms with Gasteiger partial charge in [-0.25, -0.2) is 9.97 Å². The maximum atomic E-state index is 5.99. The predicted molar refractivity (Wildman–Crippen MR) is 103 cm³/mol. The normalized spacial score (nSPS) is 21.3. The quantitative estimate of drug-likeness (QED) is 0.845. The molecule has 5 heteroatoms. The van der Waals surface area contributed by atoms with Gasteiger partial charge in [-0.15, -0.1) is 0 Å². The van der Waals surface area contributed by atoms with Crippen molar-refractivity contribution in [2.75, 3.05) is 37.7 Å². The van der Waals surface area contributed by atoms with Crippen molar-refractivity contribution in [2.24, 2.45) is 0 Å². The van der Waals surface area contributed by atoms with Crippen molar-refractivity contribution < 1.29 is 4.74 Å². The van der Waals surface area contributed by atoms with Crippen molar-refractivity contribution in [3.8, 4) is 0 Å². The van der Waals surface area contributed by atoms with Crippen LogP contribution in [0.1, 0.15) is 41.7 Å². The van der Waals surface area contributed by atoms with E-state index >= 15 is 0 Å². The van der Waals surface area contributed by atoms with Gasteiger partial charge in [-0.3, -0.25) is 4.90 Å². The maximum absolute atomic E-state index is 5.99. The number of ether oxygens (including phenoxy) is 1. The lowest BCUT2D eigenvalue weighted by molar-refractivity contribution is -0.0373. The van der Waals surface area contributed by atoms with Crippen LogP contribution in [-0.4, -0.2) is 47.7 Å². The number of hydrogen-bond donors (Lipinski definition) is 0. The average Bonchev–Trinajstić information content (AvgIpc) is 3.16. The molecule has 2 aromatic rings. The van der Waals surface area contributed by atoms with E-state index in [0.717, 1.165) is 43.5 Å². The Balaban J connectivity index is 1.49. The van der Waals surface area contributed by atoms with Crippen LogP contribution in [0.25, 0.3) is 0 Å². The molecule has 0 bridgehead atoms. The molecule has 0 saturated carbocycles. The highest BCUT2D eigenvalue weighted by Crippen LogP contribution is 2.27. The maximum Gasteiger partial charge on any atom is 0.158 e. The first-order chi connectivity index (χ1) is 12.7. The van der Waals surface area contributed by atoms with E-state index in [0.29, 0.717) is 0 Å². The second-order valence-electron chi connectivity index (χ2n) is 7.43. The number of anilines is 1. The second-order valence-corrected chi connectivity index (χ2v) is 7.43. The van der Waals surface area contributed by atoms with Gasteiger partial charge in [0.25, 0.3) is 0 Å². The molecular weight excluding hydrogens is 324 g/mol. The van der Waals surface area contributed by atoms with Crippen molar-refractivity contribution in [1.82, 2.24) is 14.9 Å². The third-order valence-electron chi connectivity index (χ3n) is 5.27. The summed E-state index contributed by atoms with van der Waals surface area (Å²) in [5.41, 5.74) is 4.83. The Hall–Kier alpha value is -1.98. The summed E-state index contributed by atoms with van der Waals surface area (Å²) < 4.78 is 5.99. The Bertz CT molecular complexity index is 737. The largest absolute Gasteiger partial charge is 0.371 e. The fraction of sp³-hybridized carbons (Fsp3) is 0.524. The molecule has 26 heavy (non-hydrogen) atoms. The van der Waals surface area contributed by atoms with Crippen molar-refractivity contribution in [3.05, 3.63) is 53.1 Å². The summed E-state index contributed by atoms with van der Waals surface area (Å²) in [6, 6.07) is 10.9. The number of rotatable bonds is 4. The highest BCUT2D eigenvalue weighted by atomic mass is 16.5. The fourth-order valence-electron chi connectivity index (χ4n) is 4.05. The van der Waals surface area contributed by atoms with Gasteiger partial charge < -0.3 is 9.64 Å². The molecule has 138 valence electrons. The second kappa shape index (κ2) is 7.72. The summed E-state index contributed by atoms with van der Waals surface area (Å²) in [6.45, 7) is 9.88. The van der Waals surface area contributed by atoms with Crippen molar-refractivity contribution in [2.45, 2.75) is 39.3 Å². The zero-order valence-electron chi connectivity index (χ0n) is 15.8. The molecule has 0 spiro atoms. The van der Waals surface area contributed by atoms with E-state index in [4.69, 9.17) is 4.74 Å². The van der Waals surface area contributed by atoms with E-state index in [9.17, 15) is 0 Å². The van der Waals surface area contributed by atoms with Crippen LogP contribution in [0, 0.1) is 13.8 Å². The molecule has 1 aromatic carbocycles. The van der Waals surface area contributed by atoms with Crippen molar-refractivity contribution in [1.29, 1.82) is 0 Å². The van der Waals surface area contributed by atoms with Gasteiger partial charge in [-0.2, -0.15) is 0 Å². The van der Waals surface area contributed by atoms with E-state index in [1.807, 2.05) is 19.9 Å². The van der Waals surface area contributed by atoms with Gasteiger partial charge in [0.15, 0.2) is 5.82 Å². The first kappa shape index (κ1) is 17.4. The summed E-state index contributed by atoms with van der Waals surface area (Å²) in [5, 5.41) is 0. The van der Waals surface area contributed by atoms with E-state index in [1.54, 1.807) is 0 Å². The molecule has 2 aliphatic rings. The minimum Gasteiger partial charge on any atom is -0.371 e. The minimum atomic E-state index is -0.0405. The zero-order valence-corrected chi connectivity index (χ0v) is 15.8. The highest BCUT2D eigenvalue weighted by Gasteiger charge is 2.25. The fourth-order valence-corrected chi connectivity index (χ4v) is 4.05. The third kappa shape index (κ3) is 3.89. The van der Waals surface area contributed by atoms with Crippen LogP contribution in [0.4, 0.5) is 5.69 Å². The Morgan fingerprint density at radius 3 is 2.54 bits per heavy atom. The minimum absolute atomic E-state index is 0.0405. The monoisotopic (exact) mass is 352 g/mol. The number of benzene rings is 1. The lowest BCUT2D eigenvalue weighted by Gasteiger charge is -2.33. The van der Waals surface area contributed by atoms with Crippen LogP contribution in [0.3, 0.4) is 0 Å². The molecule has 5 nitrogen and oxygen atoms in total. The molecule has 0 aliphatic carbocycles. The first-order valence-electron chi connectivity index (χ1n) is 9.68. The molecule has 2 aliphatic heterocycles. The Morgan fingerprint density at radius 1 is 1.04 bits per heavy atom. The molecule has 4 rings (SSSR count). The molecule has 3 heterocycles. The van der Waals surface area contributed by atoms with Gasteiger partial charge in [-0.05, 0) is 44.4 Å². The molecule has 2 fully saturated rings. The molecule has 2 saturated heterocycles. The van der Waals surface area contributed by atoms with E-state index in [-0.39, 0.29) is 6.10 Å². The van der Waals surface area contributed by atoms with E-state index in [1.165, 1.54) is 37.2 Å². The van der Waals surface area contributed by atoms with Gasteiger partial charge in [0, 0.05) is 49.8 Å². The van der Waals surface area contributed by atoms with Gasteiger partial charge >= 0.3 is 0 Å². The zero-order chi connectivity index (χ0) is 17.9. The molecule has 1 atom stereocenters. The van der Waals surface area contributed by atoms with Crippen LogP contribution in [0.2, 0.25) is 0 Å². The van der Waals surface area contributed by atoms with Gasteiger partial charge in [0.05, 0.1) is 6.61 Å². The van der Waals surface area contributed by atoms with Crippen LogP contribution in [0.5, 0.6) is 0 Å². The Kier molecular flexibility index (Phi) is 5.18. The summed E-state index contributed by atoms with van der Waals surface area (Å²) in [4.78, 5) is 14.2. The number of hydrogen-bond acceptors (Lipinski definition) is 5. The summed E-state index contributed by atoms with van der Waals surface area (Å²) in [7, 11) is 0. The number of nitrogens with zero attached hydrogens (tertiary/aromatic N) is 4. The lowest BCUT2D eigenvalue weighted by atomic mass is 10.1. The molecule has 0 amide bonds. The number of aryl methyl sites for hydroxylation is 2. The Labute approximate surface area is 156 Å². The first-order valence-corrected chi connectivity index (χ1v) is 9.68. The average molecular weight is 352 g/mol. The molecule has 0 N–H and O–H groups in total. The van der Waals surface area contributed by atoms with Crippen molar-refractivity contribution >= 4 is 5.69 Å². The smallest absolute Gasteiger partial charge is 0.158 e. The van der Waals surface area contributed by atoms with Crippen LogP contribution in [-0.2, 0) is 11.3 Å². The van der Waals surface area contributed by atoms with Crippen LogP contribution < -0.4 is 4.90 Å². The predicted octanol–water partition coefficient (Wildman–Crippen LogP) is 3.27. The van der Waals surface area contributed by atoms with Crippen LogP contribution in [0.15, 0.2) is 30.3 Å². The molecular formula is C21H28N4O. The SMILES string of the molecule is Cc1cc(C)nc([C@@H]2CN(Cc3ccccc3N3CCCC3)CCO2)n1. The van der Waals surface area contributed by atoms with E-state index in [2.05, 4.69) is 44.0 Å². The van der Waals surface area contributed by atoms with Crippen LogP contribution >= 0.6 is 0 Å². The van der Waals surface area contributed by atoms with E-state index < -0.39 is 0 Å².